The summed E-state index contributed by atoms with van der Waals surface area (Å²) in [6.07, 6.45) is 0.382. The monoisotopic (exact) mass is 236 g/mol. The Morgan fingerprint density at radius 1 is 1.35 bits per heavy atom. The molecule has 0 saturated carbocycles. The standard InChI is InChI=1S/C12H16N2O3/c1-16-8-3-4-9(17-2)12-11(8)7(6-13)5-10(15)14-12/h3-4,7H,5-6,13H2,1-2H3,(H,14,15). The number of amides is 1. The molecule has 0 spiro atoms. The average Bonchev–Trinajstić information content (AvgIpc) is 2.36. The van der Waals surface area contributed by atoms with Crippen molar-refractivity contribution in [3.63, 3.8) is 0 Å². The molecule has 5 heteroatoms. The number of ether oxygens (including phenoxy) is 2. The molecular weight excluding hydrogens is 220 g/mol. The highest BCUT2D eigenvalue weighted by atomic mass is 16.5. The maximum Gasteiger partial charge on any atom is 0.225 e. The van der Waals surface area contributed by atoms with E-state index in [4.69, 9.17) is 15.2 Å². The predicted molar refractivity (Wildman–Crippen MR) is 64.6 cm³/mol. The zero-order valence-corrected chi connectivity index (χ0v) is 9.95. The van der Waals surface area contributed by atoms with Gasteiger partial charge in [0.2, 0.25) is 5.91 Å². The second kappa shape index (κ2) is 4.63. The van der Waals surface area contributed by atoms with Gasteiger partial charge in [0.05, 0.1) is 19.9 Å². The maximum absolute atomic E-state index is 11.6. The molecule has 0 saturated heterocycles. The summed E-state index contributed by atoms with van der Waals surface area (Å²) < 4.78 is 10.6. The molecule has 17 heavy (non-hydrogen) atoms. The molecule has 0 fully saturated rings. The van der Waals surface area contributed by atoms with Crippen LogP contribution in [-0.4, -0.2) is 26.7 Å². The van der Waals surface area contributed by atoms with Crippen molar-refractivity contribution in [2.45, 2.75) is 12.3 Å². The first-order chi connectivity index (χ1) is 8.21. The summed E-state index contributed by atoms with van der Waals surface area (Å²) in [6, 6.07) is 3.61. The number of hydrogen-bond donors (Lipinski definition) is 2. The van der Waals surface area contributed by atoms with E-state index in [2.05, 4.69) is 5.32 Å². The molecule has 0 aliphatic carbocycles. The van der Waals surface area contributed by atoms with E-state index in [1.54, 1.807) is 20.3 Å². The smallest absolute Gasteiger partial charge is 0.225 e. The largest absolute Gasteiger partial charge is 0.496 e. The molecule has 3 N–H and O–H groups in total. The fraction of sp³-hybridized carbons (Fsp3) is 0.417. The Morgan fingerprint density at radius 3 is 2.59 bits per heavy atom. The fourth-order valence-corrected chi connectivity index (χ4v) is 2.18. The SMILES string of the molecule is COc1ccc(OC)c2c1NC(=O)CC2CN. The van der Waals surface area contributed by atoms with E-state index in [0.29, 0.717) is 24.4 Å². The van der Waals surface area contributed by atoms with Gasteiger partial charge in [0.1, 0.15) is 11.5 Å². The Morgan fingerprint density at radius 2 is 2.00 bits per heavy atom. The highest BCUT2D eigenvalue weighted by Gasteiger charge is 2.29. The molecule has 1 aromatic carbocycles. The normalized spacial score (nSPS) is 18.3. The van der Waals surface area contributed by atoms with Gasteiger partial charge in [0, 0.05) is 17.9 Å². The van der Waals surface area contributed by atoms with Crippen LogP contribution in [0.2, 0.25) is 0 Å². The molecule has 1 aromatic rings. The van der Waals surface area contributed by atoms with Crippen LogP contribution in [0.3, 0.4) is 0 Å². The molecule has 1 unspecified atom stereocenters. The number of carbonyl (C=O) groups is 1. The average molecular weight is 236 g/mol. The zero-order chi connectivity index (χ0) is 12.4. The van der Waals surface area contributed by atoms with E-state index in [1.807, 2.05) is 6.07 Å². The van der Waals surface area contributed by atoms with Gasteiger partial charge in [-0.05, 0) is 18.7 Å². The number of carbonyl (C=O) groups excluding carboxylic acids is 1. The quantitative estimate of drug-likeness (QED) is 0.823. The van der Waals surface area contributed by atoms with E-state index >= 15 is 0 Å². The van der Waals surface area contributed by atoms with Crippen molar-refractivity contribution in [3.05, 3.63) is 17.7 Å². The van der Waals surface area contributed by atoms with Crippen LogP contribution in [0, 0.1) is 0 Å². The van der Waals surface area contributed by atoms with Gasteiger partial charge < -0.3 is 20.5 Å². The van der Waals surface area contributed by atoms with Gasteiger partial charge >= 0.3 is 0 Å². The number of benzene rings is 1. The lowest BCUT2D eigenvalue weighted by Crippen LogP contribution is -2.28. The predicted octanol–water partition coefficient (Wildman–Crippen LogP) is 1.09. The lowest BCUT2D eigenvalue weighted by atomic mass is 9.89. The number of hydrogen-bond acceptors (Lipinski definition) is 4. The van der Waals surface area contributed by atoms with E-state index in [9.17, 15) is 4.79 Å². The first kappa shape index (κ1) is 11.7. The Balaban J connectivity index is 2.60. The third-order valence-corrected chi connectivity index (χ3v) is 3.00. The molecule has 2 rings (SSSR count). The van der Waals surface area contributed by atoms with Crippen LogP contribution in [0.4, 0.5) is 5.69 Å². The molecule has 0 bridgehead atoms. The Kier molecular flexibility index (Phi) is 3.19. The number of anilines is 1. The molecule has 1 heterocycles. The van der Waals surface area contributed by atoms with Crippen LogP contribution in [0.15, 0.2) is 12.1 Å². The van der Waals surface area contributed by atoms with Gasteiger partial charge in [-0.15, -0.1) is 0 Å². The van der Waals surface area contributed by atoms with Crippen LogP contribution in [-0.2, 0) is 4.79 Å². The highest BCUT2D eigenvalue weighted by molar-refractivity contribution is 5.97. The number of methoxy groups -OCH3 is 2. The van der Waals surface area contributed by atoms with Gasteiger partial charge in [0.15, 0.2) is 0 Å². The third kappa shape index (κ3) is 1.93. The van der Waals surface area contributed by atoms with Crippen molar-refractivity contribution < 1.29 is 14.3 Å². The maximum atomic E-state index is 11.6. The topological polar surface area (TPSA) is 73.6 Å². The fourth-order valence-electron chi connectivity index (χ4n) is 2.18. The molecule has 0 radical (unpaired) electrons. The molecule has 5 nitrogen and oxygen atoms in total. The lowest BCUT2D eigenvalue weighted by molar-refractivity contribution is -0.116. The summed E-state index contributed by atoms with van der Waals surface area (Å²) in [4.78, 5) is 11.6. The molecule has 1 amide bonds. The minimum Gasteiger partial charge on any atom is -0.496 e. The molecule has 1 atom stereocenters. The summed E-state index contributed by atoms with van der Waals surface area (Å²) in [6.45, 7) is 0.407. The Labute approximate surface area is 99.9 Å². The molecular formula is C12H16N2O3. The summed E-state index contributed by atoms with van der Waals surface area (Å²) >= 11 is 0. The second-order valence-corrected chi connectivity index (χ2v) is 3.94. The molecule has 1 aliphatic rings. The summed E-state index contributed by atoms with van der Waals surface area (Å²) in [5, 5.41) is 2.82. The van der Waals surface area contributed by atoms with E-state index in [-0.39, 0.29) is 11.8 Å². The Hall–Kier alpha value is -1.75. The summed E-state index contributed by atoms with van der Waals surface area (Å²) in [7, 11) is 3.17. The minimum atomic E-state index is -0.0421. The second-order valence-electron chi connectivity index (χ2n) is 3.94. The van der Waals surface area contributed by atoms with Crippen LogP contribution in [0.5, 0.6) is 11.5 Å². The summed E-state index contributed by atoms with van der Waals surface area (Å²) in [5.41, 5.74) is 7.32. The number of nitrogens with one attached hydrogen (secondary N) is 1. The highest BCUT2D eigenvalue weighted by Crippen LogP contribution is 2.43. The van der Waals surface area contributed by atoms with Gasteiger partial charge in [-0.2, -0.15) is 0 Å². The molecule has 92 valence electrons. The van der Waals surface area contributed by atoms with Crippen LogP contribution in [0.25, 0.3) is 0 Å². The van der Waals surface area contributed by atoms with Crippen molar-refractivity contribution in [1.82, 2.24) is 0 Å². The zero-order valence-electron chi connectivity index (χ0n) is 9.95. The van der Waals surface area contributed by atoms with Gasteiger partial charge in [-0.25, -0.2) is 0 Å². The lowest BCUT2D eigenvalue weighted by Gasteiger charge is -2.27. The summed E-state index contributed by atoms with van der Waals surface area (Å²) in [5.74, 6) is 1.30. The van der Waals surface area contributed by atoms with E-state index < -0.39 is 0 Å². The van der Waals surface area contributed by atoms with Crippen LogP contribution in [0.1, 0.15) is 17.9 Å². The molecule has 1 aliphatic heterocycles. The van der Waals surface area contributed by atoms with E-state index in [0.717, 1.165) is 11.3 Å². The first-order valence-electron chi connectivity index (χ1n) is 5.46. The van der Waals surface area contributed by atoms with Gasteiger partial charge in [-0.3, -0.25) is 4.79 Å². The van der Waals surface area contributed by atoms with Crippen molar-refractivity contribution in [1.29, 1.82) is 0 Å². The Bertz CT molecular complexity index is 446. The van der Waals surface area contributed by atoms with Crippen molar-refractivity contribution in [3.8, 4) is 11.5 Å². The van der Waals surface area contributed by atoms with Crippen LogP contribution < -0.4 is 20.5 Å². The van der Waals surface area contributed by atoms with Gasteiger partial charge in [-0.1, -0.05) is 0 Å². The minimum absolute atomic E-state index is 0.0243. The number of rotatable bonds is 3. The van der Waals surface area contributed by atoms with Crippen LogP contribution >= 0.6 is 0 Å². The van der Waals surface area contributed by atoms with Crippen molar-refractivity contribution in [2.75, 3.05) is 26.1 Å². The number of nitrogens with two attached hydrogens (primary N) is 1. The number of fused-ring (bicyclic) bond motifs is 1. The van der Waals surface area contributed by atoms with Crippen molar-refractivity contribution in [2.24, 2.45) is 5.73 Å². The molecule has 0 aromatic heterocycles. The van der Waals surface area contributed by atoms with E-state index in [1.165, 1.54) is 0 Å². The van der Waals surface area contributed by atoms with Gasteiger partial charge in [0.25, 0.3) is 0 Å². The third-order valence-electron chi connectivity index (χ3n) is 3.00. The van der Waals surface area contributed by atoms with Crippen molar-refractivity contribution >= 4 is 11.6 Å². The first-order valence-corrected chi connectivity index (χ1v) is 5.46.